The Labute approximate surface area is 114 Å². The number of nitrogens with one attached hydrogen (secondary N) is 1. The van der Waals surface area contributed by atoms with Crippen LogP contribution in [0.3, 0.4) is 0 Å². The summed E-state index contributed by atoms with van der Waals surface area (Å²) in [7, 11) is 1.37. The van der Waals surface area contributed by atoms with Crippen LogP contribution in [0.5, 0.6) is 0 Å². The lowest BCUT2D eigenvalue weighted by Gasteiger charge is -2.11. The first-order valence-electron chi connectivity index (χ1n) is 5.51. The number of anilines is 1. The highest BCUT2D eigenvalue weighted by atomic mass is 32.1. The molecule has 0 saturated heterocycles. The van der Waals surface area contributed by atoms with Crippen molar-refractivity contribution in [1.29, 1.82) is 0 Å². The summed E-state index contributed by atoms with van der Waals surface area (Å²) >= 11 is 3.01. The number of nitrogens with zero attached hydrogens (tertiary/aromatic N) is 1. The largest absolute Gasteiger partial charge is 0.465 e. The summed E-state index contributed by atoms with van der Waals surface area (Å²) in [4.78, 5) is 16.0. The topological polar surface area (TPSA) is 51.2 Å². The Morgan fingerprint density at radius 2 is 2.44 bits per heavy atom. The van der Waals surface area contributed by atoms with Crippen LogP contribution in [0.1, 0.15) is 22.2 Å². The van der Waals surface area contributed by atoms with Crippen molar-refractivity contribution < 1.29 is 9.53 Å². The number of esters is 1. The van der Waals surface area contributed by atoms with E-state index in [0.29, 0.717) is 4.88 Å². The van der Waals surface area contributed by atoms with Gasteiger partial charge in [0.2, 0.25) is 0 Å². The van der Waals surface area contributed by atoms with Gasteiger partial charge in [-0.1, -0.05) is 11.3 Å². The minimum atomic E-state index is -0.342. The maximum atomic E-state index is 11.3. The molecule has 0 amide bonds. The highest BCUT2D eigenvalue weighted by Gasteiger charge is 2.12. The van der Waals surface area contributed by atoms with Gasteiger partial charge in [0.25, 0.3) is 0 Å². The third-order valence-electron chi connectivity index (χ3n) is 2.38. The van der Waals surface area contributed by atoms with Crippen molar-refractivity contribution in [3.8, 4) is 0 Å². The third kappa shape index (κ3) is 3.30. The minimum Gasteiger partial charge on any atom is -0.465 e. The lowest BCUT2D eigenvalue weighted by Crippen LogP contribution is -2.17. The zero-order chi connectivity index (χ0) is 13.0. The standard InChI is InChI=1S/C12H14N2O2S2/c1-8(5-9-3-4-17-7-9)14-12-13-6-10(18-12)11(15)16-2/h3-4,6-8H,5H2,1-2H3,(H,13,14). The van der Waals surface area contributed by atoms with Gasteiger partial charge in [-0.3, -0.25) is 0 Å². The SMILES string of the molecule is COC(=O)c1cnc(NC(C)Cc2ccsc2)s1. The lowest BCUT2D eigenvalue weighted by atomic mass is 10.1. The van der Waals surface area contributed by atoms with Crippen LogP contribution in [0.4, 0.5) is 5.13 Å². The summed E-state index contributed by atoms with van der Waals surface area (Å²) < 4.78 is 4.64. The number of hydrogen-bond donors (Lipinski definition) is 1. The molecule has 0 saturated carbocycles. The van der Waals surface area contributed by atoms with E-state index in [9.17, 15) is 4.79 Å². The van der Waals surface area contributed by atoms with Gasteiger partial charge in [0.15, 0.2) is 5.13 Å². The number of hydrogen-bond acceptors (Lipinski definition) is 6. The second-order valence-corrected chi connectivity index (χ2v) is 5.71. The number of thiazole rings is 1. The van der Waals surface area contributed by atoms with E-state index in [2.05, 4.69) is 38.8 Å². The molecule has 0 aliphatic carbocycles. The molecule has 0 radical (unpaired) electrons. The Kier molecular flexibility index (Phi) is 4.33. The number of thiophene rings is 1. The Morgan fingerprint density at radius 3 is 3.11 bits per heavy atom. The van der Waals surface area contributed by atoms with Gasteiger partial charge in [0.05, 0.1) is 13.3 Å². The molecule has 2 rings (SSSR count). The quantitative estimate of drug-likeness (QED) is 0.856. The normalized spacial score (nSPS) is 12.1. The van der Waals surface area contributed by atoms with Crippen molar-refractivity contribution in [3.63, 3.8) is 0 Å². The van der Waals surface area contributed by atoms with E-state index < -0.39 is 0 Å². The maximum absolute atomic E-state index is 11.3. The predicted octanol–water partition coefficient (Wildman–Crippen LogP) is 3.03. The van der Waals surface area contributed by atoms with Gasteiger partial charge in [0, 0.05) is 6.04 Å². The van der Waals surface area contributed by atoms with E-state index in [0.717, 1.165) is 11.6 Å². The van der Waals surface area contributed by atoms with Gasteiger partial charge < -0.3 is 10.1 Å². The van der Waals surface area contributed by atoms with Crippen LogP contribution in [0.15, 0.2) is 23.0 Å². The molecule has 0 aromatic carbocycles. The summed E-state index contributed by atoms with van der Waals surface area (Å²) in [6, 6.07) is 2.39. The molecule has 6 heteroatoms. The highest BCUT2D eigenvalue weighted by molar-refractivity contribution is 7.17. The van der Waals surface area contributed by atoms with Crippen LogP contribution in [-0.2, 0) is 11.2 Å². The first kappa shape index (κ1) is 13.0. The lowest BCUT2D eigenvalue weighted by molar-refractivity contribution is 0.0606. The molecule has 0 bridgehead atoms. The molecule has 1 unspecified atom stereocenters. The van der Waals surface area contributed by atoms with Gasteiger partial charge >= 0.3 is 5.97 Å². The van der Waals surface area contributed by atoms with Gasteiger partial charge in [-0.15, -0.1) is 0 Å². The highest BCUT2D eigenvalue weighted by Crippen LogP contribution is 2.20. The molecule has 2 aromatic heterocycles. The van der Waals surface area contributed by atoms with E-state index in [-0.39, 0.29) is 12.0 Å². The Morgan fingerprint density at radius 1 is 1.61 bits per heavy atom. The molecule has 1 atom stereocenters. The second kappa shape index (κ2) is 5.97. The molecule has 0 aliphatic rings. The van der Waals surface area contributed by atoms with Gasteiger partial charge in [0.1, 0.15) is 4.88 Å². The molecule has 1 N–H and O–H groups in total. The molecule has 0 aliphatic heterocycles. The fourth-order valence-electron chi connectivity index (χ4n) is 1.56. The molecular formula is C12H14N2O2S2. The molecule has 2 heterocycles. The number of aromatic nitrogens is 1. The summed E-state index contributed by atoms with van der Waals surface area (Å²) in [6.45, 7) is 2.09. The van der Waals surface area contributed by atoms with Crippen LogP contribution >= 0.6 is 22.7 Å². The third-order valence-corrected chi connectivity index (χ3v) is 4.02. The minimum absolute atomic E-state index is 0.274. The van der Waals surface area contributed by atoms with Crippen LogP contribution in [-0.4, -0.2) is 24.1 Å². The zero-order valence-corrected chi connectivity index (χ0v) is 11.8. The molecule has 0 fully saturated rings. The maximum Gasteiger partial charge on any atom is 0.349 e. The molecule has 2 aromatic rings. The Hall–Kier alpha value is -1.40. The van der Waals surface area contributed by atoms with Gasteiger partial charge in [-0.2, -0.15) is 11.3 Å². The molecule has 96 valence electrons. The van der Waals surface area contributed by atoms with E-state index >= 15 is 0 Å². The van der Waals surface area contributed by atoms with Crippen molar-refractivity contribution in [3.05, 3.63) is 33.5 Å². The monoisotopic (exact) mass is 282 g/mol. The fraction of sp³-hybridized carbons (Fsp3) is 0.333. The van der Waals surface area contributed by atoms with Gasteiger partial charge in [-0.25, -0.2) is 9.78 Å². The molecular weight excluding hydrogens is 268 g/mol. The van der Waals surface area contributed by atoms with Crippen molar-refractivity contribution in [2.24, 2.45) is 0 Å². The summed E-state index contributed by atoms with van der Waals surface area (Å²) in [5.74, 6) is -0.342. The Bertz CT molecular complexity index is 508. The first-order valence-corrected chi connectivity index (χ1v) is 7.26. The van der Waals surface area contributed by atoms with Crippen molar-refractivity contribution in [1.82, 2.24) is 4.98 Å². The van der Waals surface area contributed by atoms with Crippen LogP contribution in [0, 0.1) is 0 Å². The number of methoxy groups -OCH3 is 1. The molecule has 4 nitrogen and oxygen atoms in total. The summed E-state index contributed by atoms with van der Waals surface area (Å²) in [5.41, 5.74) is 1.31. The zero-order valence-electron chi connectivity index (χ0n) is 10.2. The van der Waals surface area contributed by atoms with E-state index in [1.165, 1.54) is 30.2 Å². The molecule has 0 spiro atoms. The van der Waals surface area contributed by atoms with Crippen molar-refractivity contribution in [2.45, 2.75) is 19.4 Å². The average Bonchev–Trinajstić information content (AvgIpc) is 2.99. The van der Waals surface area contributed by atoms with Gasteiger partial charge in [-0.05, 0) is 35.7 Å². The van der Waals surface area contributed by atoms with Crippen LogP contribution < -0.4 is 5.32 Å². The molecule has 18 heavy (non-hydrogen) atoms. The van der Waals surface area contributed by atoms with E-state index in [1.807, 2.05) is 0 Å². The Balaban J connectivity index is 1.92. The summed E-state index contributed by atoms with van der Waals surface area (Å²) in [5, 5.41) is 8.24. The summed E-state index contributed by atoms with van der Waals surface area (Å²) in [6.07, 6.45) is 2.48. The second-order valence-electron chi connectivity index (χ2n) is 3.90. The first-order chi connectivity index (χ1) is 8.69. The van der Waals surface area contributed by atoms with Crippen LogP contribution in [0.2, 0.25) is 0 Å². The fourth-order valence-corrected chi connectivity index (χ4v) is 3.09. The van der Waals surface area contributed by atoms with E-state index in [1.54, 1.807) is 11.3 Å². The average molecular weight is 282 g/mol. The number of carbonyl (C=O) groups excluding carboxylic acids is 1. The number of carbonyl (C=O) groups is 1. The predicted molar refractivity (Wildman–Crippen MR) is 74.6 cm³/mol. The van der Waals surface area contributed by atoms with Crippen molar-refractivity contribution >= 4 is 33.8 Å². The van der Waals surface area contributed by atoms with Crippen molar-refractivity contribution in [2.75, 3.05) is 12.4 Å². The van der Waals surface area contributed by atoms with E-state index in [4.69, 9.17) is 0 Å². The van der Waals surface area contributed by atoms with Crippen LogP contribution in [0.25, 0.3) is 0 Å². The number of rotatable bonds is 5. The smallest absolute Gasteiger partial charge is 0.349 e. The number of ether oxygens (including phenoxy) is 1.